The van der Waals surface area contributed by atoms with Gasteiger partial charge in [-0.1, -0.05) is 0 Å². The summed E-state index contributed by atoms with van der Waals surface area (Å²) in [6.07, 6.45) is -1.14. The fraction of sp³-hybridized carbons (Fsp3) is 0.789. The van der Waals surface area contributed by atoms with Gasteiger partial charge in [-0.2, -0.15) is 4.90 Å². The number of carboxylic acid groups (broad SMARTS) is 1. The first-order valence-electron chi connectivity index (χ1n) is 9.62. The molecule has 3 amide bonds. The maximum Gasteiger partial charge on any atom is 0.420 e. The van der Waals surface area contributed by atoms with Crippen molar-refractivity contribution in [3.8, 4) is 0 Å². The van der Waals surface area contributed by atoms with Gasteiger partial charge in [0.25, 0.3) is 0 Å². The van der Waals surface area contributed by atoms with Crippen molar-refractivity contribution < 1.29 is 33.8 Å². The maximum absolute atomic E-state index is 12.8. The zero-order chi connectivity index (χ0) is 22.8. The summed E-state index contributed by atoms with van der Waals surface area (Å²) in [4.78, 5) is 49.6. The van der Waals surface area contributed by atoms with Crippen LogP contribution in [0.4, 0.5) is 9.59 Å². The molecule has 0 heterocycles. The van der Waals surface area contributed by atoms with Crippen molar-refractivity contribution in [1.82, 2.24) is 10.2 Å². The highest BCUT2D eigenvalue weighted by molar-refractivity contribution is 5.95. The SMILES string of the molecule is CC(C)(C)OC(=O)N(C(=O)OC(C)(C)C)[C@@H](CCCCN)C(=O)NCCC(=O)O. The number of rotatable bonds is 9. The van der Waals surface area contributed by atoms with Gasteiger partial charge in [0.1, 0.15) is 17.2 Å². The normalized spacial score (nSPS) is 12.7. The summed E-state index contributed by atoms with van der Waals surface area (Å²) in [7, 11) is 0. The lowest BCUT2D eigenvalue weighted by atomic mass is 10.1. The number of hydrogen-bond donors (Lipinski definition) is 3. The van der Waals surface area contributed by atoms with Gasteiger partial charge in [0.05, 0.1) is 6.42 Å². The fourth-order valence-electron chi connectivity index (χ4n) is 2.22. The summed E-state index contributed by atoms with van der Waals surface area (Å²) in [6, 6.07) is -1.22. The number of imide groups is 1. The third-order valence-electron chi connectivity index (χ3n) is 3.36. The van der Waals surface area contributed by atoms with Gasteiger partial charge in [-0.25, -0.2) is 9.59 Å². The second-order valence-corrected chi connectivity index (χ2v) is 8.57. The van der Waals surface area contributed by atoms with Crippen LogP contribution < -0.4 is 11.1 Å². The monoisotopic (exact) mass is 417 g/mol. The van der Waals surface area contributed by atoms with E-state index < -0.39 is 41.3 Å². The summed E-state index contributed by atoms with van der Waals surface area (Å²) in [5.41, 5.74) is 3.70. The van der Waals surface area contributed by atoms with E-state index >= 15 is 0 Å². The number of hydrogen-bond acceptors (Lipinski definition) is 7. The van der Waals surface area contributed by atoms with E-state index in [2.05, 4.69) is 5.32 Å². The van der Waals surface area contributed by atoms with E-state index in [1.807, 2.05) is 0 Å². The molecule has 0 rings (SSSR count). The van der Waals surface area contributed by atoms with Crippen LogP contribution in [0.25, 0.3) is 0 Å². The van der Waals surface area contributed by atoms with Crippen LogP contribution in [0.2, 0.25) is 0 Å². The molecule has 0 aromatic carbocycles. The van der Waals surface area contributed by atoms with Crippen LogP contribution in [-0.4, -0.2) is 64.4 Å². The highest BCUT2D eigenvalue weighted by atomic mass is 16.6. The van der Waals surface area contributed by atoms with E-state index in [1.54, 1.807) is 41.5 Å². The van der Waals surface area contributed by atoms with Gasteiger partial charge in [-0.15, -0.1) is 0 Å². The minimum Gasteiger partial charge on any atom is -0.481 e. The van der Waals surface area contributed by atoms with Crippen LogP contribution in [0.15, 0.2) is 0 Å². The first-order chi connectivity index (χ1) is 13.2. The van der Waals surface area contributed by atoms with Crippen LogP contribution in [-0.2, 0) is 19.1 Å². The second kappa shape index (κ2) is 11.6. The molecule has 0 saturated carbocycles. The molecule has 0 aliphatic carbocycles. The number of ether oxygens (including phenoxy) is 2. The maximum atomic E-state index is 12.8. The molecule has 29 heavy (non-hydrogen) atoms. The van der Waals surface area contributed by atoms with E-state index in [0.717, 1.165) is 0 Å². The summed E-state index contributed by atoms with van der Waals surface area (Å²) >= 11 is 0. The molecule has 10 heteroatoms. The number of nitrogens with two attached hydrogens (primary N) is 1. The van der Waals surface area contributed by atoms with Crippen LogP contribution in [0, 0.1) is 0 Å². The highest BCUT2D eigenvalue weighted by Gasteiger charge is 2.39. The summed E-state index contributed by atoms with van der Waals surface area (Å²) in [5.74, 6) is -1.75. The Hall–Kier alpha value is -2.36. The Balaban J connectivity index is 5.75. The second-order valence-electron chi connectivity index (χ2n) is 8.57. The molecule has 0 aromatic heterocycles. The third-order valence-corrected chi connectivity index (χ3v) is 3.36. The number of unbranched alkanes of at least 4 members (excludes halogenated alkanes) is 1. The molecular formula is C19H35N3O7. The Morgan fingerprint density at radius 2 is 1.45 bits per heavy atom. The lowest BCUT2D eigenvalue weighted by molar-refractivity contribution is -0.137. The Labute approximate surface area is 172 Å². The van der Waals surface area contributed by atoms with Crippen molar-refractivity contribution in [1.29, 1.82) is 0 Å². The van der Waals surface area contributed by atoms with Crippen molar-refractivity contribution in [2.24, 2.45) is 5.73 Å². The lowest BCUT2D eigenvalue weighted by Gasteiger charge is -2.32. The molecule has 0 fully saturated rings. The van der Waals surface area contributed by atoms with Crippen LogP contribution in [0.5, 0.6) is 0 Å². The molecule has 1 atom stereocenters. The predicted octanol–water partition coefficient (Wildman–Crippen LogP) is 2.25. The van der Waals surface area contributed by atoms with Gasteiger partial charge in [-0.05, 0) is 67.3 Å². The van der Waals surface area contributed by atoms with Gasteiger partial charge < -0.3 is 25.6 Å². The van der Waals surface area contributed by atoms with Crippen molar-refractivity contribution in [2.75, 3.05) is 13.1 Å². The van der Waals surface area contributed by atoms with Crippen LogP contribution in [0.3, 0.4) is 0 Å². The van der Waals surface area contributed by atoms with Crippen molar-refractivity contribution >= 4 is 24.1 Å². The molecule has 0 radical (unpaired) electrons. The van der Waals surface area contributed by atoms with Crippen molar-refractivity contribution in [3.63, 3.8) is 0 Å². The molecule has 0 aliphatic rings. The summed E-state index contributed by atoms with van der Waals surface area (Å²) < 4.78 is 10.6. The Kier molecular flexibility index (Phi) is 10.7. The molecule has 0 saturated heterocycles. The number of amides is 3. The average Bonchev–Trinajstić information content (AvgIpc) is 2.49. The number of carbonyl (C=O) groups excluding carboxylic acids is 3. The molecule has 168 valence electrons. The van der Waals surface area contributed by atoms with Crippen LogP contribution in [0.1, 0.15) is 67.2 Å². The van der Waals surface area contributed by atoms with Crippen molar-refractivity contribution in [3.05, 3.63) is 0 Å². The number of aliphatic carboxylic acids is 1. The zero-order valence-electron chi connectivity index (χ0n) is 18.2. The van der Waals surface area contributed by atoms with Gasteiger partial charge in [0.2, 0.25) is 5.91 Å². The smallest absolute Gasteiger partial charge is 0.420 e. The standard InChI is InChI=1S/C19H35N3O7/c1-18(2,3)28-16(26)22(17(27)29-19(4,5)6)13(9-7-8-11-20)15(25)21-12-10-14(23)24/h13H,7-12,20H2,1-6H3,(H,21,25)(H,23,24)/t13-/m0/s1. The average molecular weight is 418 g/mol. The molecule has 10 nitrogen and oxygen atoms in total. The van der Waals surface area contributed by atoms with E-state index in [9.17, 15) is 19.2 Å². The van der Waals surface area contributed by atoms with Crippen molar-refractivity contribution in [2.45, 2.75) is 84.5 Å². The minimum absolute atomic E-state index is 0.134. The molecule has 0 aromatic rings. The van der Waals surface area contributed by atoms with E-state index in [4.69, 9.17) is 20.3 Å². The molecule has 0 bridgehead atoms. The number of carboxylic acids is 1. The largest absolute Gasteiger partial charge is 0.481 e. The Morgan fingerprint density at radius 1 is 0.966 bits per heavy atom. The number of nitrogens with one attached hydrogen (secondary N) is 1. The van der Waals surface area contributed by atoms with Crippen LogP contribution >= 0.6 is 0 Å². The van der Waals surface area contributed by atoms with E-state index in [-0.39, 0.29) is 19.4 Å². The number of nitrogens with zero attached hydrogens (tertiary/aromatic N) is 1. The summed E-state index contributed by atoms with van der Waals surface area (Å²) in [5, 5.41) is 11.2. The van der Waals surface area contributed by atoms with E-state index in [0.29, 0.717) is 24.3 Å². The molecule has 0 aliphatic heterocycles. The van der Waals surface area contributed by atoms with Gasteiger partial charge in [0.15, 0.2) is 0 Å². The fourth-order valence-corrected chi connectivity index (χ4v) is 2.22. The zero-order valence-corrected chi connectivity index (χ0v) is 18.2. The molecular weight excluding hydrogens is 382 g/mol. The third kappa shape index (κ3) is 11.9. The predicted molar refractivity (Wildman–Crippen MR) is 106 cm³/mol. The quantitative estimate of drug-likeness (QED) is 0.484. The Bertz CT molecular complexity index is 551. The lowest BCUT2D eigenvalue weighted by Crippen LogP contribution is -2.54. The minimum atomic E-state index is -1.22. The van der Waals surface area contributed by atoms with Gasteiger partial charge in [0, 0.05) is 6.54 Å². The first-order valence-corrected chi connectivity index (χ1v) is 9.62. The molecule has 0 unspecified atom stereocenters. The van der Waals surface area contributed by atoms with Gasteiger partial charge >= 0.3 is 18.2 Å². The topological polar surface area (TPSA) is 148 Å². The number of carbonyl (C=O) groups is 4. The van der Waals surface area contributed by atoms with E-state index in [1.165, 1.54) is 0 Å². The molecule has 4 N–H and O–H groups in total. The summed E-state index contributed by atoms with van der Waals surface area (Å²) in [6.45, 7) is 10.0. The molecule has 0 spiro atoms. The van der Waals surface area contributed by atoms with Gasteiger partial charge in [-0.3, -0.25) is 9.59 Å². The Morgan fingerprint density at radius 3 is 1.83 bits per heavy atom. The first kappa shape index (κ1) is 26.6. The highest BCUT2D eigenvalue weighted by Crippen LogP contribution is 2.19.